The summed E-state index contributed by atoms with van der Waals surface area (Å²) in [6.07, 6.45) is 2.99. The fourth-order valence-corrected chi connectivity index (χ4v) is 2.52. The van der Waals surface area contributed by atoms with E-state index in [2.05, 4.69) is 9.97 Å². The van der Waals surface area contributed by atoms with Gasteiger partial charge in [0, 0.05) is 14.1 Å². The van der Waals surface area contributed by atoms with Crippen molar-refractivity contribution >= 4 is 28.9 Å². The fourth-order valence-electron chi connectivity index (χ4n) is 2.52. The highest BCUT2D eigenvalue weighted by atomic mass is 16.6. The van der Waals surface area contributed by atoms with Crippen molar-refractivity contribution in [3.05, 3.63) is 60.5 Å². The quantitative estimate of drug-likeness (QED) is 0.532. The number of aromatic hydroxyl groups is 1. The van der Waals surface area contributed by atoms with Gasteiger partial charge in [-0.3, -0.25) is 24.0 Å². The molecule has 0 fully saturated rings. The van der Waals surface area contributed by atoms with Crippen LogP contribution in [0.2, 0.25) is 0 Å². The number of benzene rings is 1. The van der Waals surface area contributed by atoms with Crippen LogP contribution in [0, 0.1) is 10.1 Å². The predicted molar refractivity (Wildman–Crippen MR) is 90.3 cm³/mol. The Bertz CT molecular complexity index is 1150. The van der Waals surface area contributed by atoms with Gasteiger partial charge < -0.3 is 10.1 Å². The van der Waals surface area contributed by atoms with Gasteiger partial charge in [0.1, 0.15) is 5.82 Å². The molecule has 2 aromatic heterocycles. The fraction of sp³-hybridized carbons (Fsp3) is 0.133. The minimum atomic E-state index is -1.04. The molecule has 10 nitrogen and oxygen atoms in total. The van der Waals surface area contributed by atoms with Crippen LogP contribution in [-0.2, 0) is 14.1 Å². The molecule has 0 aliphatic carbocycles. The van der Waals surface area contributed by atoms with Gasteiger partial charge >= 0.3 is 16.9 Å². The van der Waals surface area contributed by atoms with E-state index in [9.17, 15) is 24.8 Å². The second-order valence-corrected chi connectivity index (χ2v) is 5.36. The van der Waals surface area contributed by atoms with Crippen molar-refractivity contribution in [2.24, 2.45) is 14.1 Å². The number of nitrogens with one attached hydrogen (secondary N) is 1. The second-order valence-electron chi connectivity index (χ2n) is 5.36. The van der Waals surface area contributed by atoms with E-state index < -0.39 is 22.0 Å². The van der Waals surface area contributed by atoms with E-state index >= 15 is 0 Å². The molecule has 0 amide bonds. The molecule has 10 heteroatoms. The van der Waals surface area contributed by atoms with Gasteiger partial charge in [0.2, 0.25) is 0 Å². The van der Waals surface area contributed by atoms with E-state index in [0.717, 1.165) is 11.0 Å². The number of aromatic amines is 1. The molecule has 3 aromatic rings. The molecule has 128 valence electrons. The van der Waals surface area contributed by atoms with Crippen LogP contribution in [-0.4, -0.2) is 29.1 Å². The molecule has 0 atom stereocenters. The molecule has 2 N–H and O–H groups in total. The Hall–Kier alpha value is -3.69. The molecular weight excluding hydrogens is 330 g/mol. The summed E-state index contributed by atoms with van der Waals surface area (Å²) >= 11 is 0. The van der Waals surface area contributed by atoms with E-state index in [1.165, 1.54) is 15.2 Å². The van der Waals surface area contributed by atoms with Gasteiger partial charge in [-0.1, -0.05) is 12.1 Å². The predicted octanol–water partition coefficient (Wildman–Crippen LogP) is 0.744. The summed E-state index contributed by atoms with van der Waals surface area (Å²) < 4.78 is 3.03. The zero-order valence-electron chi connectivity index (χ0n) is 13.3. The van der Waals surface area contributed by atoms with Gasteiger partial charge in [0.15, 0.2) is 0 Å². The van der Waals surface area contributed by atoms with Crippen molar-refractivity contribution in [2.45, 2.75) is 0 Å². The number of H-pyrrole nitrogens is 1. The zero-order chi connectivity index (χ0) is 18.3. The van der Waals surface area contributed by atoms with Crippen LogP contribution in [0.25, 0.3) is 23.2 Å². The highest BCUT2D eigenvalue weighted by Gasteiger charge is 2.21. The lowest BCUT2D eigenvalue weighted by Gasteiger charge is -1.99. The third-order valence-corrected chi connectivity index (χ3v) is 3.81. The smallest absolute Gasteiger partial charge is 0.395 e. The number of imidazole rings is 1. The SMILES string of the molecule is Cn1c(=O)n(C)c2cc(/C=C/c3nc(O)c([N+](=O)[O-])c(=O)[nH]3)ccc21. The van der Waals surface area contributed by atoms with Gasteiger partial charge in [-0.15, -0.1) is 0 Å². The first-order valence-corrected chi connectivity index (χ1v) is 7.11. The molecule has 0 bridgehead atoms. The normalized spacial score (nSPS) is 11.4. The minimum Gasteiger partial charge on any atom is -0.488 e. The van der Waals surface area contributed by atoms with Crippen molar-refractivity contribution in [3.63, 3.8) is 0 Å². The number of aryl methyl sites for hydroxylation is 2. The van der Waals surface area contributed by atoms with Crippen LogP contribution >= 0.6 is 0 Å². The number of hydrogen-bond donors (Lipinski definition) is 2. The summed E-state index contributed by atoms with van der Waals surface area (Å²) in [5.74, 6) is -0.982. The second kappa shape index (κ2) is 5.74. The first-order valence-electron chi connectivity index (χ1n) is 7.11. The topological polar surface area (TPSA) is 136 Å². The maximum atomic E-state index is 11.9. The van der Waals surface area contributed by atoms with Gasteiger partial charge in [0.05, 0.1) is 16.0 Å². The van der Waals surface area contributed by atoms with E-state index in [4.69, 9.17) is 0 Å². The van der Waals surface area contributed by atoms with Gasteiger partial charge in [-0.25, -0.2) is 4.79 Å². The van der Waals surface area contributed by atoms with Crippen LogP contribution in [0.3, 0.4) is 0 Å². The number of nitrogens with zero attached hydrogens (tertiary/aromatic N) is 4. The molecule has 25 heavy (non-hydrogen) atoms. The monoisotopic (exact) mass is 343 g/mol. The molecule has 0 unspecified atom stereocenters. The van der Waals surface area contributed by atoms with Crippen molar-refractivity contribution < 1.29 is 10.0 Å². The summed E-state index contributed by atoms with van der Waals surface area (Å²) in [5, 5.41) is 20.2. The molecule has 2 heterocycles. The lowest BCUT2D eigenvalue weighted by Crippen LogP contribution is -2.19. The van der Waals surface area contributed by atoms with E-state index in [0.29, 0.717) is 5.56 Å². The lowest BCUT2D eigenvalue weighted by atomic mass is 10.2. The lowest BCUT2D eigenvalue weighted by molar-refractivity contribution is -0.387. The summed E-state index contributed by atoms with van der Waals surface area (Å²) in [6.45, 7) is 0. The number of aromatic nitrogens is 4. The summed E-state index contributed by atoms with van der Waals surface area (Å²) in [7, 11) is 3.33. The average molecular weight is 343 g/mol. The molecule has 0 spiro atoms. The van der Waals surface area contributed by atoms with Crippen molar-refractivity contribution in [1.82, 2.24) is 19.1 Å². The molecule has 0 aliphatic rings. The molecule has 3 rings (SSSR count). The Morgan fingerprint density at radius 2 is 1.88 bits per heavy atom. The largest absolute Gasteiger partial charge is 0.488 e. The number of fused-ring (bicyclic) bond motifs is 1. The standard InChI is InChI=1S/C15H13N5O5/c1-18-9-5-3-8(7-10(9)19(2)15(18)23)4-6-11-16-13(21)12(20(24)25)14(22)17-11/h3-7H,1-2H3,(H2,16,17,21,22)/b6-4+. The third-order valence-electron chi connectivity index (χ3n) is 3.81. The van der Waals surface area contributed by atoms with Gasteiger partial charge in [-0.05, 0) is 23.8 Å². The van der Waals surface area contributed by atoms with Crippen LogP contribution in [0.15, 0.2) is 27.8 Å². The molecular formula is C15H13N5O5. The number of rotatable bonds is 3. The Morgan fingerprint density at radius 3 is 2.52 bits per heavy atom. The van der Waals surface area contributed by atoms with Crippen molar-refractivity contribution in [2.75, 3.05) is 0 Å². The number of hydrogen-bond acceptors (Lipinski definition) is 6. The number of nitro groups is 1. The third kappa shape index (κ3) is 2.69. The Balaban J connectivity index is 2.01. The molecule has 0 saturated heterocycles. The first-order chi connectivity index (χ1) is 11.8. The Labute approximate surface area is 139 Å². The van der Waals surface area contributed by atoms with Gasteiger partial charge in [0.25, 0.3) is 5.88 Å². The maximum Gasteiger partial charge on any atom is 0.395 e. The minimum absolute atomic E-state index is 0.0323. The Kier molecular flexibility index (Phi) is 3.72. The van der Waals surface area contributed by atoms with Crippen molar-refractivity contribution in [3.8, 4) is 5.88 Å². The van der Waals surface area contributed by atoms with Crippen LogP contribution in [0.4, 0.5) is 5.69 Å². The summed E-state index contributed by atoms with van der Waals surface area (Å²) in [5.41, 5.74) is 0.0133. The summed E-state index contributed by atoms with van der Waals surface area (Å²) in [6, 6.07) is 5.32. The first kappa shape index (κ1) is 16.2. The molecule has 0 saturated carbocycles. The highest BCUT2D eigenvalue weighted by molar-refractivity contribution is 5.81. The van der Waals surface area contributed by atoms with E-state index in [1.54, 1.807) is 38.4 Å². The maximum absolute atomic E-state index is 11.9. The van der Waals surface area contributed by atoms with E-state index in [1.807, 2.05) is 0 Å². The van der Waals surface area contributed by atoms with Gasteiger partial charge in [-0.2, -0.15) is 4.98 Å². The molecule has 1 aromatic carbocycles. The Morgan fingerprint density at radius 1 is 1.20 bits per heavy atom. The van der Waals surface area contributed by atoms with E-state index in [-0.39, 0.29) is 11.5 Å². The van der Waals surface area contributed by atoms with Crippen molar-refractivity contribution in [1.29, 1.82) is 0 Å². The van der Waals surface area contributed by atoms with Crippen LogP contribution in [0.1, 0.15) is 11.4 Å². The highest BCUT2D eigenvalue weighted by Crippen LogP contribution is 2.18. The zero-order valence-corrected chi connectivity index (χ0v) is 13.3. The van der Waals surface area contributed by atoms with Crippen LogP contribution in [0.5, 0.6) is 5.88 Å². The molecule has 0 aliphatic heterocycles. The van der Waals surface area contributed by atoms with Crippen LogP contribution < -0.4 is 11.2 Å². The molecule has 0 radical (unpaired) electrons. The summed E-state index contributed by atoms with van der Waals surface area (Å²) in [4.78, 5) is 39.0. The average Bonchev–Trinajstić information content (AvgIpc) is 2.76.